The van der Waals surface area contributed by atoms with Gasteiger partial charge in [0.25, 0.3) is 5.91 Å². The summed E-state index contributed by atoms with van der Waals surface area (Å²) in [5.74, 6) is -0.151. The fourth-order valence-electron chi connectivity index (χ4n) is 8.31. The van der Waals surface area contributed by atoms with Gasteiger partial charge >= 0.3 is 5.97 Å². The molecule has 0 aliphatic carbocycles. The summed E-state index contributed by atoms with van der Waals surface area (Å²) in [7, 11) is 0. The number of carbonyl (C=O) groups excluding carboxylic acids is 1. The lowest BCUT2D eigenvalue weighted by Crippen LogP contribution is -2.27. The summed E-state index contributed by atoms with van der Waals surface area (Å²) in [6.07, 6.45) is 3.23. The van der Waals surface area contributed by atoms with Crippen LogP contribution in [-0.2, 0) is 26.2 Å². The number of aromatic carboxylic acids is 1. The van der Waals surface area contributed by atoms with E-state index in [0.29, 0.717) is 64.5 Å². The minimum atomic E-state index is -0.991. The van der Waals surface area contributed by atoms with Gasteiger partial charge in [-0.3, -0.25) is 24.1 Å². The Balaban J connectivity index is 0.000000174. The molecule has 0 unspecified atom stereocenters. The summed E-state index contributed by atoms with van der Waals surface area (Å²) < 4.78 is 3.27. The van der Waals surface area contributed by atoms with E-state index in [1.807, 2.05) is 131 Å². The second-order valence-electron chi connectivity index (χ2n) is 16.5. The Hall–Kier alpha value is -7.98. The quantitative estimate of drug-likeness (QED) is 0.0909. The first-order valence-corrected chi connectivity index (χ1v) is 22.6. The Morgan fingerprint density at radius 2 is 1.07 bits per heavy atom. The van der Waals surface area contributed by atoms with Gasteiger partial charge in [0, 0.05) is 58.4 Å². The molecule has 70 heavy (non-hydrogen) atoms. The number of nitrogens with one attached hydrogen (secondary N) is 1. The lowest BCUT2D eigenvalue weighted by Gasteiger charge is -2.13. The first-order chi connectivity index (χ1) is 33.1. The number of aromatic nitrogens is 8. The van der Waals surface area contributed by atoms with Gasteiger partial charge in [0.05, 0.1) is 45.2 Å². The fraction of sp³-hybridized carbons (Fsp3) is 0.170. The van der Waals surface area contributed by atoms with Crippen molar-refractivity contribution < 1.29 is 14.7 Å². The van der Waals surface area contributed by atoms with Crippen LogP contribution in [0.25, 0.3) is 43.6 Å². The summed E-state index contributed by atoms with van der Waals surface area (Å²) in [5.41, 5.74) is 28.6. The summed E-state index contributed by atoms with van der Waals surface area (Å²) in [5, 5.41) is 26.2. The Kier molecular flexibility index (Phi) is 15.4. The molecule has 17 heteroatoms. The number of amides is 1. The molecule has 8 N–H and O–H groups in total. The molecule has 6 heterocycles. The highest BCUT2D eigenvalue weighted by molar-refractivity contribution is 6.31. The lowest BCUT2D eigenvalue weighted by molar-refractivity contribution is 0.0685. The third-order valence-corrected chi connectivity index (χ3v) is 12.0. The second kappa shape index (κ2) is 21.5. The zero-order valence-electron chi connectivity index (χ0n) is 38.2. The number of fused-ring (bicyclic) bond motifs is 4. The van der Waals surface area contributed by atoms with Gasteiger partial charge in [-0.05, 0) is 122 Å². The van der Waals surface area contributed by atoms with Crippen molar-refractivity contribution in [3.63, 3.8) is 0 Å². The predicted octanol–water partition coefficient (Wildman–Crippen LogP) is 10.2. The van der Waals surface area contributed by atoms with Crippen molar-refractivity contribution in [3.8, 4) is 0 Å². The highest BCUT2D eigenvalue weighted by Gasteiger charge is 2.20. The van der Waals surface area contributed by atoms with Crippen LogP contribution < -0.4 is 22.5 Å². The number of benzene rings is 4. The van der Waals surface area contributed by atoms with Gasteiger partial charge < -0.3 is 27.6 Å². The predicted molar refractivity (Wildman–Crippen MR) is 280 cm³/mol. The van der Waals surface area contributed by atoms with Crippen LogP contribution in [-0.4, -0.2) is 56.5 Å². The number of carboxylic acids is 1. The van der Waals surface area contributed by atoms with E-state index in [0.717, 1.165) is 77.5 Å². The number of nitrogen functional groups attached to an aromatic ring is 2. The summed E-state index contributed by atoms with van der Waals surface area (Å²) in [6.45, 7) is 9.45. The van der Waals surface area contributed by atoms with Gasteiger partial charge in [0.2, 0.25) is 0 Å². The monoisotopic (exact) mass is 974 g/mol. The number of hydrogen-bond donors (Lipinski definition) is 5. The number of aryl methyl sites for hydroxylation is 4. The van der Waals surface area contributed by atoms with Crippen molar-refractivity contribution in [2.45, 2.75) is 61.3 Å². The van der Waals surface area contributed by atoms with Crippen LogP contribution >= 0.6 is 23.2 Å². The summed E-state index contributed by atoms with van der Waals surface area (Å²) >= 11 is 12.1. The van der Waals surface area contributed by atoms with E-state index in [4.69, 9.17) is 45.5 Å². The number of hydrogen-bond acceptors (Lipinski definition) is 11. The van der Waals surface area contributed by atoms with Crippen LogP contribution in [0.5, 0.6) is 0 Å². The van der Waals surface area contributed by atoms with Crippen molar-refractivity contribution in [1.29, 1.82) is 0 Å². The van der Waals surface area contributed by atoms with Gasteiger partial charge in [-0.15, -0.1) is 0 Å². The molecule has 0 radical (unpaired) electrons. The molecule has 0 fully saturated rings. The molecule has 10 aromatic rings. The van der Waals surface area contributed by atoms with Gasteiger partial charge in [-0.2, -0.15) is 10.2 Å². The number of halogens is 2. The minimum Gasteiger partial charge on any atom is -0.477 e. The molecule has 1 amide bonds. The third kappa shape index (κ3) is 11.1. The van der Waals surface area contributed by atoms with Gasteiger partial charge in [0.15, 0.2) is 5.69 Å². The van der Waals surface area contributed by atoms with E-state index in [1.165, 1.54) is 4.68 Å². The van der Waals surface area contributed by atoms with Crippen LogP contribution in [0.1, 0.15) is 73.2 Å². The van der Waals surface area contributed by atoms with Crippen LogP contribution in [0, 0.1) is 27.7 Å². The van der Waals surface area contributed by atoms with Crippen LogP contribution in [0.3, 0.4) is 0 Å². The Labute approximate surface area is 414 Å². The standard InChI is InChI=1S/C26H23ClN6O.C18H12ClN3O2.C8H13N3.CH4/c1-15-9-24(28)31-16(2)21(15)13-30-26(34)25-20-5-3-4-6-23(20)32-33(25)14-17-7-8-22-18(10-17)11-19(27)12-29-22;19-13-8-12-7-11(5-6-15(12)20-9-13)10-22-17(18(23)24)14-3-1-2-4-16(14)21-22;1-5-3-8(10)11-6(2)7(5)4-9;/h3-12H,13-14H2,1-2H3,(H2,28,31)(H,30,34);1-9H,10H2,(H,23,24);3H,4,9H2,1-2H3,(H2,10,11);1H4. The Morgan fingerprint density at radius 3 is 1.54 bits per heavy atom. The van der Waals surface area contributed by atoms with Gasteiger partial charge in [-0.1, -0.05) is 79.2 Å². The number of nitrogens with zero attached hydrogens (tertiary/aromatic N) is 8. The molecule has 0 aliphatic rings. The number of pyridine rings is 4. The van der Waals surface area contributed by atoms with Crippen molar-refractivity contribution in [2.75, 3.05) is 11.5 Å². The summed E-state index contributed by atoms with van der Waals surface area (Å²) in [4.78, 5) is 42.1. The van der Waals surface area contributed by atoms with Crippen molar-refractivity contribution in [1.82, 2.24) is 44.8 Å². The molecule has 0 saturated heterocycles. The zero-order chi connectivity index (χ0) is 48.9. The van der Waals surface area contributed by atoms with Crippen LogP contribution in [0.4, 0.5) is 11.6 Å². The largest absolute Gasteiger partial charge is 0.477 e. The molecule has 0 atom stereocenters. The first-order valence-electron chi connectivity index (χ1n) is 21.8. The van der Waals surface area contributed by atoms with E-state index in [-0.39, 0.29) is 19.0 Å². The maximum atomic E-state index is 13.4. The third-order valence-electron chi connectivity index (χ3n) is 11.6. The van der Waals surface area contributed by atoms with Crippen molar-refractivity contribution >= 4 is 90.3 Å². The maximum Gasteiger partial charge on any atom is 0.354 e. The molecule has 4 aromatic carbocycles. The SMILES string of the molecule is C.Cc1cc(N)nc(C)c1CN.Cc1cc(N)nc(C)c1CNC(=O)c1c2ccccc2nn1Cc1ccc2ncc(Cl)cc2c1.O=C(O)c1c2ccccc2nn1Cc1ccc2ncc(Cl)cc2c1. The molecule has 0 bridgehead atoms. The molecule has 0 aliphatic heterocycles. The smallest absolute Gasteiger partial charge is 0.354 e. The van der Waals surface area contributed by atoms with E-state index in [9.17, 15) is 14.7 Å². The Morgan fingerprint density at radius 1 is 0.614 bits per heavy atom. The van der Waals surface area contributed by atoms with Gasteiger partial charge in [0.1, 0.15) is 17.3 Å². The lowest BCUT2D eigenvalue weighted by atomic mass is 10.1. The molecule has 10 rings (SSSR count). The first kappa shape index (κ1) is 49.9. The van der Waals surface area contributed by atoms with E-state index in [1.54, 1.807) is 23.1 Å². The number of carbonyl (C=O) groups is 2. The average Bonchev–Trinajstić information content (AvgIpc) is 3.86. The topological polar surface area (TPSA) is 232 Å². The molecule has 15 nitrogen and oxygen atoms in total. The summed E-state index contributed by atoms with van der Waals surface area (Å²) in [6, 6.07) is 34.0. The number of rotatable bonds is 9. The van der Waals surface area contributed by atoms with Crippen molar-refractivity contribution in [2.24, 2.45) is 5.73 Å². The minimum absolute atomic E-state index is 0. The maximum absolute atomic E-state index is 13.4. The zero-order valence-corrected chi connectivity index (χ0v) is 39.7. The molecular formula is C53H52Cl2N12O3. The normalized spacial score (nSPS) is 10.9. The fourth-order valence-corrected chi connectivity index (χ4v) is 8.64. The second-order valence-corrected chi connectivity index (χ2v) is 17.3. The molecular weight excluding hydrogens is 924 g/mol. The number of anilines is 2. The van der Waals surface area contributed by atoms with Crippen LogP contribution in [0.15, 0.2) is 122 Å². The van der Waals surface area contributed by atoms with Gasteiger partial charge in [-0.25, -0.2) is 14.8 Å². The number of carboxylic acid groups (broad SMARTS) is 1. The molecule has 356 valence electrons. The average molecular weight is 976 g/mol. The molecule has 0 saturated carbocycles. The molecule has 6 aromatic heterocycles. The Bertz CT molecular complexity index is 3530. The van der Waals surface area contributed by atoms with E-state index in [2.05, 4.69) is 30.4 Å². The molecule has 0 spiro atoms. The van der Waals surface area contributed by atoms with E-state index >= 15 is 0 Å². The highest BCUT2D eigenvalue weighted by Crippen LogP contribution is 2.25. The highest BCUT2D eigenvalue weighted by atomic mass is 35.5. The van der Waals surface area contributed by atoms with E-state index < -0.39 is 5.97 Å². The number of nitrogens with two attached hydrogens (primary N) is 3. The van der Waals surface area contributed by atoms with Crippen LogP contribution in [0.2, 0.25) is 10.0 Å². The van der Waals surface area contributed by atoms with Crippen molar-refractivity contribution in [3.05, 3.63) is 188 Å².